The van der Waals surface area contributed by atoms with Crippen LogP contribution >= 0.6 is 0 Å². The number of likely N-dealkylation sites (N-methyl/N-ethyl adjacent to an activating group) is 1. The number of carboxylic acids is 1. The largest absolute Gasteiger partial charge is 0.508 e. The maximum atomic E-state index is 11.9. The molecule has 4 N–H and O–H groups in total. The number of rotatable bonds is 6. The van der Waals surface area contributed by atoms with E-state index >= 15 is 0 Å². The topological polar surface area (TPSA) is 104 Å². The molecule has 1 amide bonds. The third-order valence-corrected chi connectivity index (χ3v) is 2.75. The lowest BCUT2D eigenvalue weighted by atomic mass is 10.1. The molecule has 1 atom stereocenters. The third-order valence-electron chi connectivity index (χ3n) is 2.75. The van der Waals surface area contributed by atoms with Crippen molar-refractivity contribution in [2.45, 2.75) is 18.9 Å². The highest BCUT2D eigenvalue weighted by Gasteiger charge is 2.18. The van der Waals surface area contributed by atoms with Crippen molar-refractivity contribution in [3.05, 3.63) is 29.8 Å². The summed E-state index contributed by atoms with van der Waals surface area (Å²) in [6.07, 6.45) is 0.241. The van der Waals surface area contributed by atoms with E-state index in [4.69, 9.17) is 15.9 Å². The minimum absolute atomic E-state index is 0.103. The average molecular weight is 266 g/mol. The van der Waals surface area contributed by atoms with Gasteiger partial charge in [0.25, 0.3) is 0 Å². The van der Waals surface area contributed by atoms with Crippen molar-refractivity contribution < 1.29 is 19.8 Å². The molecule has 1 aromatic carbocycles. The van der Waals surface area contributed by atoms with Gasteiger partial charge in [0.15, 0.2) is 0 Å². The molecule has 0 aliphatic rings. The van der Waals surface area contributed by atoms with Gasteiger partial charge in [0.05, 0.1) is 12.5 Å². The summed E-state index contributed by atoms with van der Waals surface area (Å²) < 4.78 is 0. The quantitative estimate of drug-likeness (QED) is 0.682. The molecule has 0 saturated heterocycles. The van der Waals surface area contributed by atoms with Gasteiger partial charge in [0, 0.05) is 13.6 Å². The van der Waals surface area contributed by atoms with Crippen LogP contribution in [0.5, 0.6) is 5.75 Å². The Hall–Kier alpha value is -2.08. The Morgan fingerprint density at radius 2 is 1.89 bits per heavy atom. The van der Waals surface area contributed by atoms with Gasteiger partial charge in [0.1, 0.15) is 5.75 Å². The van der Waals surface area contributed by atoms with Gasteiger partial charge in [-0.05, 0) is 24.1 Å². The van der Waals surface area contributed by atoms with Crippen LogP contribution in [0.25, 0.3) is 0 Å². The van der Waals surface area contributed by atoms with Crippen molar-refractivity contribution in [1.82, 2.24) is 4.90 Å². The van der Waals surface area contributed by atoms with E-state index in [2.05, 4.69) is 0 Å². The number of phenolic OH excluding ortho intramolecular Hbond substituents is 1. The molecule has 1 rings (SSSR count). The van der Waals surface area contributed by atoms with Crippen LogP contribution in [-0.2, 0) is 16.0 Å². The molecule has 6 heteroatoms. The molecule has 104 valence electrons. The number of phenols is 1. The standard InChI is InChI=1S/C13H18N2O4/c1-15(7-6-12(17)18)13(19)11(14)8-9-2-4-10(16)5-3-9/h2-5,11,16H,6-8,14H2,1H3,(H,17,18)/t11-/m0/s1. The van der Waals surface area contributed by atoms with E-state index in [1.807, 2.05) is 0 Å². The number of aliphatic carboxylic acids is 1. The lowest BCUT2D eigenvalue weighted by Gasteiger charge is -2.20. The summed E-state index contributed by atoms with van der Waals surface area (Å²) in [5.74, 6) is -1.09. The fourth-order valence-electron chi connectivity index (χ4n) is 1.63. The van der Waals surface area contributed by atoms with Crippen LogP contribution in [-0.4, -0.2) is 46.6 Å². The summed E-state index contributed by atoms with van der Waals surface area (Å²) in [6, 6.07) is 5.73. The first kappa shape index (κ1) is 15.0. The predicted octanol–water partition coefficient (Wildman–Crippen LogP) is 0.195. The highest BCUT2D eigenvalue weighted by Crippen LogP contribution is 2.11. The van der Waals surface area contributed by atoms with Crippen LogP contribution < -0.4 is 5.73 Å². The van der Waals surface area contributed by atoms with Gasteiger partial charge in [0.2, 0.25) is 5.91 Å². The number of nitrogens with two attached hydrogens (primary N) is 1. The molecule has 6 nitrogen and oxygen atoms in total. The Morgan fingerprint density at radius 1 is 1.32 bits per heavy atom. The van der Waals surface area contributed by atoms with Crippen molar-refractivity contribution in [2.75, 3.05) is 13.6 Å². The number of hydrogen-bond acceptors (Lipinski definition) is 4. The van der Waals surface area contributed by atoms with Crippen LogP contribution in [0.1, 0.15) is 12.0 Å². The van der Waals surface area contributed by atoms with Crippen LogP contribution in [0.4, 0.5) is 0 Å². The summed E-state index contributed by atoms with van der Waals surface area (Å²) in [7, 11) is 1.53. The molecule has 1 aromatic rings. The predicted molar refractivity (Wildman–Crippen MR) is 69.7 cm³/mol. The molecular weight excluding hydrogens is 248 g/mol. The molecule has 0 heterocycles. The molecule has 0 aliphatic heterocycles. The zero-order chi connectivity index (χ0) is 14.4. The lowest BCUT2D eigenvalue weighted by molar-refractivity contribution is -0.138. The van der Waals surface area contributed by atoms with Crippen molar-refractivity contribution in [3.8, 4) is 5.75 Å². The van der Waals surface area contributed by atoms with Gasteiger partial charge in [-0.25, -0.2) is 0 Å². The molecule has 0 spiro atoms. The summed E-state index contributed by atoms with van der Waals surface area (Å²) in [5, 5.41) is 17.7. The number of aromatic hydroxyl groups is 1. The van der Waals surface area contributed by atoms with Crippen molar-refractivity contribution >= 4 is 11.9 Å². The summed E-state index contributed by atoms with van der Waals surface area (Å²) in [4.78, 5) is 23.6. The van der Waals surface area contributed by atoms with Gasteiger partial charge in [-0.3, -0.25) is 9.59 Å². The zero-order valence-corrected chi connectivity index (χ0v) is 10.7. The fraction of sp³-hybridized carbons (Fsp3) is 0.385. The third kappa shape index (κ3) is 4.97. The second-order valence-electron chi connectivity index (χ2n) is 4.38. The van der Waals surface area contributed by atoms with E-state index in [0.717, 1.165) is 5.56 Å². The van der Waals surface area contributed by atoms with Gasteiger partial charge in [-0.15, -0.1) is 0 Å². The molecule has 0 bridgehead atoms. The van der Waals surface area contributed by atoms with Crippen LogP contribution in [0.15, 0.2) is 24.3 Å². The lowest BCUT2D eigenvalue weighted by Crippen LogP contribution is -2.43. The first-order valence-corrected chi connectivity index (χ1v) is 5.90. The minimum Gasteiger partial charge on any atom is -0.508 e. The maximum absolute atomic E-state index is 11.9. The number of amides is 1. The number of nitrogens with zero attached hydrogens (tertiary/aromatic N) is 1. The number of benzene rings is 1. The molecular formula is C13H18N2O4. The van der Waals surface area contributed by atoms with Crippen LogP contribution in [0.3, 0.4) is 0 Å². The number of carboxylic acid groups (broad SMARTS) is 1. The molecule has 0 unspecified atom stereocenters. The van der Waals surface area contributed by atoms with Crippen LogP contribution in [0, 0.1) is 0 Å². The molecule has 0 aliphatic carbocycles. The van der Waals surface area contributed by atoms with Gasteiger partial charge >= 0.3 is 5.97 Å². The average Bonchev–Trinajstić information content (AvgIpc) is 2.37. The van der Waals surface area contributed by atoms with E-state index in [1.165, 1.54) is 24.1 Å². The van der Waals surface area contributed by atoms with E-state index < -0.39 is 12.0 Å². The summed E-state index contributed by atoms with van der Waals surface area (Å²) >= 11 is 0. The first-order chi connectivity index (χ1) is 8.90. The Kier molecular flexibility index (Phi) is 5.32. The Morgan fingerprint density at radius 3 is 2.42 bits per heavy atom. The highest BCUT2D eigenvalue weighted by molar-refractivity contribution is 5.82. The fourth-order valence-corrected chi connectivity index (χ4v) is 1.63. The van der Waals surface area contributed by atoms with Crippen molar-refractivity contribution in [2.24, 2.45) is 5.73 Å². The van der Waals surface area contributed by atoms with E-state index in [1.54, 1.807) is 12.1 Å². The van der Waals surface area contributed by atoms with Crippen LogP contribution in [0.2, 0.25) is 0 Å². The van der Waals surface area contributed by atoms with E-state index in [0.29, 0.717) is 6.42 Å². The monoisotopic (exact) mass is 266 g/mol. The summed E-state index contributed by atoms with van der Waals surface area (Å²) in [5.41, 5.74) is 6.63. The number of carbonyl (C=O) groups excluding carboxylic acids is 1. The van der Waals surface area contributed by atoms with E-state index in [9.17, 15) is 9.59 Å². The molecule has 0 aromatic heterocycles. The Labute approximate surface area is 111 Å². The summed E-state index contributed by atoms with van der Waals surface area (Å²) in [6.45, 7) is 0.136. The first-order valence-electron chi connectivity index (χ1n) is 5.90. The van der Waals surface area contributed by atoms with Crippen molar-refractivity contribution in [3.63, 3.8) is 0 Å². The van der Waals surface area contributed by atoms with Gasteiger partial charge in [-0.2, -0.15) is 0 Å². The minimum atomic E-state index is -0.952. The number of hydrogen-bond donors (Lipinski definition) is 3. The second-order valence-corrected chi connectivity index (χ2v) is 4.38. The zero-order valence-electron chi connectivity index (χ0n) is 10.7. The second kappa shape index (κ2) is 6.75. The number of carbonyl (C=O) groups is 2. The Bertz CT molecular complexity index is 444. The van der Waals surface area contributed by atoms with Gasteiger partial charge < -0.3 is 20.8 Å². The maximum Gasteiger partial charge on any atom is 0.305 e. The van der Waals surface area contributed by atoms with E-state index in [-0.39, 0.29) is 24.6 Å². The molecule has 19 heavy (non-hydrogen) atoms. The molecule has 0 radical (unpaired) electrons. The Balaban J connectivity index is 2.52. The molecule has 0 fully saturated rings. The normalized spacial score (nSPS) is 11.9. The molecule has 0 saturated carbocycles. The smallest absolute Gasteiger partial charge is 0.305 e. The highest BCUT2D eigenvalue weighted by atomic mass is 16.4. The van der Waals surface area contributed by atoms with Crippen molar-refractivity contribution in [1.29, 1.82) is 0 Å². The van der Waals surface area contributed by atoms with Gasteiger partial charge in [-0.1, -0.05) is 12.1 Å². The SMILES string of the molecule is CN(CCC(=O)O)C(=O)[C@@H](N)Cc1ccc(O)cc1.